The number of rotatable bonds is 7. The molecular formula is C14H17ClINO4. The Bertz CT molecular complexity index is 510. The quantitative estimate of drug-likeness (QED) is 0.498. The first-order chi connectivity index (χ1) is 9.99. The fourth-order valence-electron chi connectivity index (χ4n) is 1.68. The van der Waals surface area contributed by atoms with E-state index in [4.69, 9.17) is 16.3 Å². The van der Waals surface area contributed by atoms with E-state index in [9.17, 15) is 9.59 Å². The molecule has 0 spiro atoms. The van der Waals surface area contributed by atoms with E-state index in [0.29, 0.717) is 23.7 Å². The summed E-state index contributed by atoms with van der Waals surface area (Å²) in [5.74, 6) is -0.506. The van der Waals surface area contributed by atoms with E-state index < -0.39 is 0 Å². The van der Waals surface area contributed by atoms with Gasteiger partial charge in [-0.25, -0.2) is 0 Å². The molecule has 7 heteroatoms. The number of halogens is 2. The molecular weight excluding hydrogens is 409 g/mol. The third kappa shape index (κ3) is 5.80. The number of ether oxygens (including phenoxy) is 2. The monoisotopic (exact) mass is 425 g/mol. The first-order valence-electron chi connectivity index (χ1n) is 6.29. The van der Waals surface area contributed by atoms with Crippen LogP contribution in [0.4, 0.5) is 0 Å². The maximum Gasteiger partial charge on any atom is 0.307 e. The number of benzene rings is 1. The van der Waals surface area contributed by atoms with Crippen LogP contribution in [-0.4, -0.2) is 50.7 Å². The van der Waals surface area contributed by atoms with Crippen molar-refractivity contribution in [3.63, 3.8) is 0 Å². The molecule has 5 nitrogen and oxygen atoms in total. The van der Waals surface area contributed by atoms with Gasteiger partial charge in [0.05, 0.1) is 25.7 Å². The number of methoxy groups -OCH3 is 2. The van der Waals surface area contributed by atoms with Crippen molar-refractivity contribution in [3.8, 4) is 0 Å². The molecule has 0 radical (unpaired) electrons. The van der Waals surface area contributed by atoms with E-state index in [1.54, 1.807) is 30.2 Å². The second-order valence-electron chi connectivity index (χ2n) is 4.24. The second kappa shape index (κ2) is 9.22. The maximum absolute atomic E-state index is 12.6. The Morgan fingerprint density at radius 2 is 2.00 bits per heavy atom. The summed E-state index contributed by atoms with van der Waals surface area (Å²) < 4.78 is 10.4. The van der Waals surface area contributed by atoms with Crippen molar-refractivity contribution in [2.75, 3.05) is 33.9 Å². The third-order valence-corrected chi connectivity index (χ3v) is 3.96. The predicted octanol–water partition coefficient (Wildman–Crippen LogP) is 2.60. The largest absolute Gasteiger partial charge is 0.469 e. The zero-order valence-corrected chi connectivity index (χ0v) is 14.8. The molecule has 0 atom stereocenters. The Hall–Kier alpha value is -0.860. The van der Waals surface area contributed by atoms with Crippen LogP contribution in [0, 0.1) is 3.57 Å². The van der Waals surface area contributed by atoms with Gasteiger partial charge in [0.15, 0.2) is 0 Å². The molecule has 1 aromatic carbocycles. The number of amides is 1. The molecule has 1 amide bonds. The van der Waals surface area contributed by atoms with Gasteiger partial charge in [-0.1, -0.05) is 11.6 Å². The molecule has 0 fully saturated rings. The van der Waals surface area contributed by atoms with Gasteiger partial charge in [0.25, 0.3) is 5.91 Å². The summed E-state index contributed by atoms with van der Waals surface area (Å²) in [5, 5.41) is 0.578. The highest BCUT2D eigenvalue weighted by atomic mass is 127. The van der Waals surface area contributed by atoms with E-state index in [1.807, 2.05) is 0 Å². The first kappa shape index (κ1) is 18.2. The van der Waals surface area contributed by atoms with Gasteiger partial charge in [-0.15, -0.1) is 0 Å². The molecule has 0 aromatic heterocycles. The summed E-state index contributed by atoms with van der Waals surface area (Å²) in [7, 11) is 2.89. The Morgan fingerprint density at radius 3 is 2.57 bits per heavy atom. The van der Waals surface area contributed by atoms with Crippen LogP contribution >= 0.6 is 34.2 Å². The van der Waals surface area contributed by atoms with Crippen LogP contribution in [0.15, 0.2) is 18.2 Å². The number of hydrogen-bond donors (Lipinski definition) is 0. The average Bonchev–Trinajstić information content (AvgIpc) is 2.46. The molecule has 0 N–H and O–H groups in total. The molecule has 0 heterocycles. The molecule has 0 aliphatic carbocycles. The summed E-state index contributed by atoms with van der Waals surface area (Å²) in [6.45, 7) is 1.09. The van der Waals surface area contributed by atoms with E-state index in [0.717, 1.165) is 3.57 Å². The highest BCUT2D eigenvalue weighted by molar-refractivity contribution is 14.1. The number of carbonyl (C=O) groups is 2. The van der Waals surface area contributed by atoms with Gasteiger partial charge in [0.1, 0.15) is 0 Å². The lowest BCUT2D eigenvalue weighted by Gasteiger charge is -2.22. The van der Waals surface area contributed by atoms with Crippen molar-refractivity contribution in [2.24, 2.45) is 0 Å². The van der Waals surface area contributed by atoms with Crippen LogP contribution in [0.1, 0.15) is 16.8 Å². The number of esters is 1. The van der Waals surface area contributed by atoms with Crippen molar-refractivity contribution in [1.29, 1.82) is 0 Å². The van der Waals surface area contributed by atoms with Gasteiger partial charge >= 0.3 is 5.97 Å². The average molecular weight is 426 g/mol. The van der Waals surface area contributed by atoms with Crippen LogP contribution in [-0.2, 0) is 14.3 Å². The van der Waals surface area contributed by atoms with Gasteiger partial charge in [-0.3, -0.25) is 9.59 Å². The topological polar surface area (TPSA) is 55.8 Å². The molecule has 1 aromatic rings. The Balaban J connectivity index is 2.85. The van der Waals surface area contributed by atoms with Gasteiger partial charge < -0.3 is 14.4 Å². The Kier molecular flexibility index (Phi) is 7.98. The molecule has 0 saturated heterocycles. The fourth-order valence-corrected chi connectivity index (χ4v) is 2.78. The SMILES string of the molecule is COCCN(CCC(=O)OC)C(=O)c1ccc(Cl)cc1I. The molecule has 0 bridgehead atoms. The minimum atomic E-state index is -0.351. The van der Waals surface area contributed by atoms with E-state index in [-0.39, 0.29) is 24.8 Å². The minimum Gasteiger partial charge on any atom is -0.469 e. The van der Waals surface area contributed by atoms with Crippen molar-refractivity contribution in [2.45, 2.75) is 6.42 Å². The van der Waals surface area contributed by atoms with Gasteiger partial charge in [-0.2, -0.15) is 0 Å². The molecule has 0 saturated carbocycles. The highest BCUT2D eigenvalue weighted by Gasteiger charge is 2.19. The second-order valence-corrected chi connectivity index (χ2v) is 5.83. The number of carbonyl (C=O) groups excluding carboxylic acids is 2. The summed E-state index contributed by atoms with van der Waals surface area (Å²) in [5.41, 5.74) is 0.556. The zero-order valence-electron chi connectivity index (χ0n) is 11.9. The van der Waals surface area contributed by atoms with Gasteiger partial charge in [-0.05, 0) is 40.8 Å². The smallest absolute Gasteiger partial charge is 0.307 e. The Labute approximate surface area is 142 Å². The summed E-state index contributed by atoms with van der Waals surface area (Å²) in [6, 6.07) is 5.08. The zero-order chi connectivity index (χ0) is 15.8. The summed E-state index contributed by atoms with van der Waals surface area (Å²) in [6.07, 6.45) is 0.149. The lowest BCUT2D eigenvalue weighted by molar-refractivity contribution is -0.140. The first-order valence-corrected chi connectivity index (χ1v) is 7.75. The van der Waals surface area contributed by atoms with E-state index in [2.05, 4.69) is 27.3 Å². The molecule has 0 aliphatic rings. The molecule has 0 unspecified atom stereocenters. The van der Waals surface area contributed by atoms with Gasteiger partial charge in [0.2, 0.25) is 0 Å². The number of hydrogen-bond acceptors (Lipinski definition) is 4. The summed E-state index contributed by atoms with van der Waals surface area (Å²) in [4.78, 5) is 25.4. The number of nitrogens with zero attached hydrogens (tertiary/aromatic N) is 1. The third-order valence-electron chi connectivity index (χ3n) is 2.83. The molecule has 21 heavy (non-hydrogen) atoms. The fraction of sp³-hybridized carbons (Fsp3) is 0.429. The standard InChI is InChI=1S/C14H17ClINO4/c1-20-8-7-17(6-5-13(18)21-2)14(19)11-4-3-10(15)9-12(11)16/h3-4,9H,5-8H2,1-2H3. The van der Waals surface area contributed by atoms with Crippen molar-refractivity contribution in [3.05, 3.63) is 32.4 Å². The van der Waals surface area contributed by atoms with Gasteiger partial charge in [0, 0.05) is 28.8 Å². The van der Waals surface area contributed by atoms with Crippen molar-refractivity contribution in [1.82, 2.24) is 4.90 Å². The van der Waals surface area contributed by atoms with E-state index in [1.165, 1.54) is 7.11 Å². The molecule has 1 rings (SSSR count). The van der Waals surface area contributed by atoms with Crippen LogP contribution < -0.4 is 0 Å². The minimum absolute atomic E-state index is 0.149. The normalized spacial score (nSPS) is 10.3. The van der Waals surface area contributed by atoms with Crippen LogP contribution in [0.25, 0.3) is 0 Å². The van der Waals surface area contributed by atoms with Crippen molar-refractivity contribution < 1.29 is 19.1 Å². The van der Waals surface area contributed by atoms with Crippen LogP contribution in [0.3, 0.4) is 0 Å². The van der Waals surface area contributed by atoms with Crippen molar-refractivity contribution >= 4 is 46.1 Å². The lowest BCUT2D eigenvalue weighted by atomic mass is 10.2. The maximum atomic E-state index is 12.6. The van der Waals surface area contributed by atoms with E-state index >= 15 is 0 Å². The Morgan fingerprint density at radius 1 is 1.29 bits per heavy atom. The highest BCUT2D eigenvalue weighted by Crippen LogP contribution is 2.19. The van der Waals surface area contributed by atoms with Crippen LogP contribution in [0.5, 0.6) is 0 Å². The molecule has 0 aliphatic heterocycles. The summed E-state index contributed by atoms with van der Waals surface area (Å²) >= 11 is 7.96. The van der Waals surface area contributed by atoms with Crippen LogP contribution in [0.2, 0.25) is 5.02 Å². The molecule has 116 valence electrons. The lowest BCUT2D eigenvalue weighted by Crippen LogP contribution is -2.36. The predicted molar refractivity (Wildman–Crippen MR) is 88.6 cm³/mol.